The molecule has 0 radical (unpaired) electrons. The van der Waals surface area contributed by atoms with Gasteiger partial charge in [0.25, 0.3) is 11.8 Å². The Bertz CT molecular complexity index is 873. The Balaban J connectivity index is 2.29. The maximum absolute atomic E-state index is 12.9. The topological polar surface area (TPSA) is 97.6 Å². The molecule has 0 unspecified atom stereocenters. The second kappa shape index (κ2) is 10.5. The molecule has 2 amide bonds. The Morgan fingerprint density at radius 1 is 1.17 bits per heavy atom. The van der Waals surface area contributed by atoms with Crippen LogP contribution in [0, 0.1) is 5.92 Å². The van der Waals surface area contributed by atoms with Gasteiger partial charge in [-0.1, -0.05) is 37.6 Å². The molecule has 1 heterocycles. The van der Waals surface area contributed by atoms with Crippen LogP contribution in [0.25, 0.3) is 6.08 Å². The number of amides is 2. The van der Waals surface area contributed by atoms with Crippen LogP contribution in [-0.2, 0) is 14.3 Å². The Kier molecular flexibility index (Phi) is 8.03. The fourth-order valence-corrected chi connectivity index (χ4v) is 2.55. The second-order valence-electron chi connectivity index (χ2n) is 6.49. The monoisotopic (exact) mass is 418 g/mol. The predicted molar refractivity (Wildman–Crippen MR) is 109 cm³/mol. The van der Waals surface area contributed by atoms with Gasteiger partial charge in [-0.3, -0.25) is 9.59 Å². The van der Waals surface area contributed by atoms with Gasteiger partial charge in [0.2, 0.25) is 0 Å². The summed E-state index contributed by atoms with van der Waals surface area (Å²) >= 11 is 5.90. The normalized spacial score (nSPS) is 12.4. The minimum atomic E-state index is -0.864. The van der Waals surface area contributed by atoms with Crippen LogP contribution in [-0.4, -0.2) is 30.4 Å². The number of nitrogens with one attached hydrogen (secondary N) is 2. The average Bonchev–Trinajstić information content (AvgIpc) is 3.21. The lowest BCUT2D eigenvalue weighted by molar-refractivity contribution is -0.148. The van der Waals surface area contributed by atoms with Gasteiger partial charge in [0.05, 0.1) is 12.9 Å². The first-order valence-corrected chi connectivity index (χ1v) is 9.49. The number of benzene rings is 1. The zero-order valence-corrected chi connectivity index (χ0v) is 17.2. The molecule has 2 aromatic rings. The zero-order valence-electron chi connectivity index (χ0n) is 16.4. The minimum Gasteiger partial charge on any atom is -0.464 e. The molecule has 0 bridgehead atoms. The van der Waals surface area contributed by atoms with Gasteiger partial charge in [-0.05, 0) is 48.7 Å². The van der Waals surface area contributed by atoms with Crippen molar-refractivity contribution < 1.29 is 23.5 Å². The summed E-state index contributed by atoms with van der Waals surface area (Å²) in [5.74, 6) is -1.94. The van der Waals surface area contributed by atoms with Gasteiger partial charge < -0.3 is 19.8 Å². The molecule has 2 rings (SSSR count). The molecule has 0 saturated heterocycles. The van der Waals surface area contributed by atoms with E-state index < -0.39 is 23.8 Å². The summed E-state index contributed by atoms with van der Waals surface area (Å²) in [7, 11) is 0. The third-order valence-corrected chi connectivity index (χ3v) is 4.16. The minimum absolute atomic E-state index is 0.0469. The van der Waals surface area contributed by atoms with E-state index in [1.54, 1.807) is 51.1 Å². The third kappa shape index (κ3) is 6.50. The molecule has 8 heteroatoms. The maximum Gasteiger partial charge on any atom is 0.328 e. The van der Waals surface area contributed by atoms with Gasteiger partial charge in [0.15, 0.2) is 5.76 Å². The smallest absolute Gasteiger partial charge is 0.328 e. The summed E-state index contributed by atoms with van der Waals surface area (Å²) in [5.41, 5.74) is 0.584. The van der Waals surface area contributed by atoms with E-state index in [1.165, 1.54) is 18.4 Å². The number of halogens is 1. The van der Waals surface area contributed by atoms with Gasteiger partial charge in [-0.25, -0.2) is 4.79 Å². The van der Waals surface area contributed by atoms with E-state index in [4.69, 9.17) is 20.8 Å². The highest BCUT2D eigenvalue weighted by Gasteiger charge is 2.27. The molecular weight excluding hydrogens is 396 g/mol. The molecular formula is C21H23ClN2O5. The molecule has 1 atom stereocenters. The van der Waals surface area contributed by atoms with Crippen molar-refractivity contribution in [2.45, 2.75) is 26.8 Å². The molecule has 0 aliphatic rings. The van der Waals surface area contributed by atoms with E-state index in [9.17, 15) is 14.4 Å². The molecule has 2 N–H and O–H groups in total. The molecule has 1 aromatic heterocycles. The Hall–Kier alpha value is -3.06. The molecule has 0 saturated carbocycles. The lowest BCUT2D eigenvalue weighted by Crippen LogP contribution is -2.47. The zero-order chi connectivity index (χ0) is 21.4. The summed E-state index contributed by atoms with van der Waals surface area (Å²) in [6, 6.07) is 8.88. The predicted octanol–water partition coefficient (Wildman–Crippen LogP) is 3.41. The van der Waals surface area contributed by atoms with Gasteiger partial charge in [-0.15, -0.1) is 0 Å². The number of esters is 1. The van der Waals surface area contributed by atoms with Gasteiger partial charge in [0.1, 0.15) is 11.7 Å². The summed E-state index contributed by atoms with van der Waals surface area (Å²) in [6.45, 7) is 5.45. The van der Waals surface area contributed by atoms with E-state index in [0.717, 1.165) is 0 Å². The van der Waals surface area contributed by atoms with E-state index in [2.05, 4.69) is 10.6 Å². The molecule has 154 valence electrons. The highest BCUT2D eigenvalue weighted by atomic mass is 35.5. The number of hydrogen-bond donors (Lipinski definition) is 2. The first-order valence-electron chi connectivity index (χ1n) is 9.11. The van der Waals surface area contributed by atoms with E-state index >= 15 is 0 Å². The summed E-state index contributed by atoms with van der Waals surface area (Å²) in [5, 5.41) is 5.70. The quantitative estimate of drug-likeness (QED) is 0.505. The van der Waals surface area contributed by atoms with E-state index in [1.807, 2.05) is 0 Å². The maximum atomic E-state index is 12.9. The molecule has 0 fully saturated rings. The standard InChI is InChI=1S/C21H23ClN2O5/c1-4-28-21(27)18(13(2)3)24-19(25)16(12-14-7-9-15(22)10-8-14)23-20(26)17-6-5-11-29-17/h5-13,18H,4H2,1-3H3,(H,23,26)(H,24,25)/b16-12-/t18-/m0/s1. The number of ether oxygens (including phenoxy) is 1. The summed E-state index contributed by atoms with van der Waals surface area (Å²) in [4.78, 5) is 37.4. The van der Waals surface area contributed by atoms with Gasteiger partial charge in [-0.2, -0.15) is 0 Å². The fourth-order valence-electron chi connectivity index (χ4n) is 2.42. The second-order valence-corrected chi connectivity index (χ2v) is 6.92. The molecule has 0 aliphatic carbocycles. The Morgan fingerprint density at radius 3 is 2.41 bits per heavy atom. The first-order chi connectivity index (χ1) is 13.8. The average molecular weight is 419 g/mol. The lowest BCUT2D eigenvalue weighted by Gasteiger charge is -2.21. The van der Waals surface area contributed by atoms with Crippen molar-refractivity contribution in [2.75, 3.05) is 6.61 Å². The van der Waals surface area contributed by atoms with Gasteiger partial charge >= 0.3 is 5.97 Å². The van der Waals surface area contributed by atoms with Gasteiger partial charge in [0, 0.05) is 5.02 Å². The highest BCUT2D eigenvalue weighted by molar-refractivity contribution is 6.30. The summed E-state index contributed by atoms with van der Waals surface area (Å²) in [6.07, 6.45) is 2.84. The van der Waals surface area contributed by atoms with Crippen LogP contribution < -0.4 is 10.6 Å². The molecule has 29 heavy (non-hydrogen) atoms. The Labute approximate surface area is 174 Å². The van der Waals surface area contributed by atoms with Crippen molar-refractivity contribution in [3.8, 4) is 0 Å². The van der Waals surface area contributed by atoms with Crippen molar-refractivity contribution in [3.05, 3.63) is 64.7 Å². The van der Waals surface area contributed by atoms with Crippen molar-refractivity contribution >= 4 is 35.5 Å². The number of hydrogen-bond acceptors (Lipinski definition) is 5. The van der Waals surface area contributed by atoms with E-state index in [0.29, 0.717) is 10.6 Å². The summed E-state index contributed by atoms with van der Waals surface area (Å²) < 4.78 is 10.1. The molecule has 0 aliphatic heterocycles. The lowest BCUT2D eigenvalue weighted by atomic mass is 10.0. The molecule has 0 spiro atoms. The SMILES string of the molecule is CCOC(=O)[C@@H](NC(=O)/C(=C/c1ccc(Cl)cc1)NC(=O)c1ccco1)C(C)C. The highest BCUT2D eigenvalue weighted by Crippen LogP contribution is 2.13. The van der Waals surface area contributed by atoms with Crippen LogP contribution in [0.5, 0.6) is 0 Å². The molecule has 7 nitrogen and oxygen atoms in total. The number of furan rings is 1. The van der Waals surface area contributed by atoms with Crippen LogP contribution in [0.3, 0.4) is 0 Å². The number of carbonyl (C=O) groups is 3. The van der Waals surface area contributed by atoms with Crippen molar-refractivity contribution in [2.24, 2.45) is 5.92 Å². The first kappa shape index (κ1) is 22.2. The van der Waals surface area contributed by atoms with Crippen molar-refractivity contribution in [3.63, 3.8) is 0 Å². The largest absolute Gasteiger partial charge is 0.464 e. The van der Waals surface area contributed by atoms with Crippen molar-refractivity contribution in [1.29, 1.82) is 0 Å². The number of rotatable bonds is 8. The van der Waals surface area contributed by atoms with Crippen LogP contribution in [0.1, 0.15) is 36.9 Å². The van der Waals surface area contributed by atoms with Crippen LogP contribution in [0.4, 0.5) is 0 Å². The van der Waals surface area contributed by atoms with Crippen molar-refractivity contribution in [1.82, 2.24) is 10.6 Å². The molecule has 1 aromatic carbocycles. The number of carbonyl (C=O) groups excluding carboxylic acids is 3. The van der Waals surface area contributed by atoms with Crippen LogP contribution >= 0.6 is 11.6 Å². The third-order valence-electron chi connectivity index (χ3n) is 3.91. The van der Waals surface area contributed by atoms with E-state index in [-0.39, 0.29) is 24.0 Å². The Morgan fingerprint density at radius 2 is 1.86 bits per heavy atom. The van der Waals surface area contributed by atoms with Crippen LogP contribution in [0.2, 0.25) is 5.02 Å². The van der Waals surface area contributed by atoms with Crippen LogP contribution in [0.15, 0.2) is 52.8 Å². The fraction of sp³-hybridized carbons (Fsp3) is 0.286.